The van der Waals surface area contributed by atoms with E-state index in [0.29, 0.717) is 11.3 Å². The van der Waals surface area contributed by atoms with E-state index >= 15 is 0 Å². The van der Waals surface area contributed by atoms with E-state index < -0.39 is 5.91 Å². The normalized spacial score (nSPS) is 10.9. The summed E-state index contributed by atoms with van der Waals surface area (Å²) in [7, 11) is 1.57. The van der Waals surface area contributed by atoms with Crippen molar-refractivity contribution in [2.24, 2.45) is 0 Å². The Morgan fingerprint density at radius 3 is 2.36 bits per heavy atom. The lowest BCUT2D eigenvalue weighted by atomic mass is 10.1. The highest BCUT2D eigenvalue weighted by molar-refractivity contribution is 6.05. The number of hydrogen-bond donors (Lipinski definition) is 3. The summed E-state index contributed by atoms with van der Waals surface area (Å²) < 4.78 is 5.10. The SMILES string of the molecule is COc1ccc(/C=C(\NC(=O)c2ccccc2)C(=O)NCCO)cc1. The van der Waals surface area contributed by atoms with Crippen LogP contribution < -0.4 is 15.4 Å². The van der Waals surface area contributed by atoms with Gasteiger partial charge >= 0.3 is 0 Å². The largest absolute Gasteiger partial charge is 0.497 e. The van der Waals surface area contributed by atoms with Crippen LogP contribution in [0.5, 0.6) is 5.75 Å². The van der Waals surface area contributed by atoms with Gasteiger partial charge in [-0.15, -0.1) is 0 Å². The van der Waals surface area contributed by atoms with Gasteiger partial charge in [-0.3, -0.25) is 9.59 Å². The van der Waals surface area contributed by atoms with Crippen molar-refractivity contribution in [1.29, 1.82) is 0 Å². The highest BCUT2D eigenvalue weighted by Crippen LogP contribution is 2.14. The molecule has 0 bridgehead atoms. The molecule has 2 rings (SSSR count). The van der Waals surface area contributed by atoms with Crippen molar-refractivity contribution in [2.75, 3.05) is 20.3 Å². The summed E-state index contributed by atoms with van der Waals surface area (Å²) in [4.78, 5) is 24.6. The van der Waals surface area contributed by atoms with Gasteiger partial charge in [0, 0.05) is 12.1 Å². The maximum Gasteiger partial charge on any atom is 0.267 e. The average Bonchev–Trinajstić information content (AvgIpc) is 2.66. The van der Waals surface area contributed by atoms with Crippen molar-refractivity contribution in [3.8, 4) is 5.75 Å². The van der Waals surface area contributed by atoms with E-state index in [9.17, 15) is 9.59 Å². The Morgan fingerprint density at radius 1 is 1.08 bits per heavy atom. The molecule has 2 aromatic rings. The molecule has 3 N–H and O–H groups in total. The lowest BCUT2D eigenvalue weighted by molar-refractivity contribution is -0.117. The number of rotatable bonds is 7. The van der Waals surface area contributed by atoms with Gasteiger partial charge in [0.2, 0.25) is 0 Å². The third-order valence-electron chi connectivity index (χ3n) is 3.35. The molecule has 0 atom stereocenters. The molecule has 0 radical (unpaired) electrons. The summed E-state index contributed by atoms with van der Waals surface area (Å²) in [6, 6.07) is 15.7. The van der Waals surface area contributed by atoms with Crippen LogP contribution in [-0.4, -0.2) is 37.2 Å². The standard InChI is InChI=1S/C19H20N2O4/c1-25-16-9-7-14(8-10-16)13-17(19(24)20-11-12-22)21-18(23)15-5-3-2-4-6-15/h2-10,13,22H,11-12H2,1H3,(H,20,24)(H,21,23)/b17-13-. The topological polar surface area (TPSA) is 87.7 Å². The van der Waals surface area contributed by atoms with Gasteiger partial charge in [0.1, 0.15) is 11.4 Å². The predicted octanol–water partition coefficient (Wildman–Crippen LogP) is 1.57. The minimum atomic E-state index is -0.478. The van der Waals surface area contributed by atoms with E-state index in [1.54, 1.807) is 67.8 Å². The molecule has 2 amide bonds. The fourth-order valence-corrected chi connectivity index (χ4v) is 2.07. The number of carbonyl (C=O) groups excluding carboxylic acids is 2. The van der Waals surface area contributed by atoms with Crippen LogP contribution in [0.4, 0.5) is 0 Å². The van der Waals surface area contributed by atoms with E-state index in [1.807, 2.05) is 0 Å². The maximum atomic E-state index is 12.3. The van der Waals surface area contributed by atoms with Crippen molar-refractivity contribution < 1.29 is 19.4 Å². The Kier molecular flexibility index (Phi) is 6.74. The Balaban J connectivity index is 2.23. The number of hydrogen-bond acceptors (Lipinski definition) is 4. The lowest BCUT2D eigenvalue weighted by Crippen LogP contribution is -2.36. The summed E-state index contributed by atoms with van der Waals surface area (Å²) >= 11 is 0. The molecule has 0 unspecified atom stereocenters. The zero-order valence-corrected chi connectivity index (χ0v) is 13.9. The van der Waals surface area contributed by atoms with Gasteiger partial charge < -0.3 is 20.5 Å². The van der Waals surface area contributed by atoms with Gasteiger partial charge in [0.15, 0.2) is 0 Å². The van der Waals surface area contributed by atoms with Gasteiger partial charge in [-0.1, -0.05) is 30.3 Å². The van der Waals surface area contributed by atoms with Crippen LogP contribution >= 0.6 is 0 Å². The molecule has 130 valence electrons. The molecule has 0 aliphatic rings. The number of nitrogens with one attached hydrogen (secondary N) is 2. The van der Waals surface area contributed by atoms with Crippen molar-refractivity contribution in [1.82, 2.24) is 10.6 Å². The summed E-state index contributed by atoms with van der Waals surface area (Å²) in [6.07, 6.45) is 1.56. The third kappa shape index (κ3) is 5.47. The van der Waals surface area contributed by atoms with Gasteiger partial charge in [-0.05, 0) is 35.9 Å². The van der Waals surface area contributed by atoms with Gasteiger partial charge in [-0.2, -0.15) is 0 Å². The van der Waals surface area contributed by atoms with E-state index in [1.165, 1.54) is 0 Å². The van der Waals surface area contributed by atoms with Crippen LogP contribution in [0.1, 0.15) is 15.9 Å². The monoisotopic (exact) mass is 340 g/mol. The number of carbonyl (C=O) groups is 2. The molecule has 2 aromatic carbocycles. The molecule has 0 aromatic heterocycles. The molecule has 6 nitrogen and oxygen atoms in total. The Bertz CT molecular complexity index is 740. The third-order valence-corrected chi connectivity index (χ3v) is 3.35. The van der Waals surface area contributed by atoms with Crippen molar-refractivity contribution >= 4 is 17.9 Å². The second-order valence-corrected chi connectivity index (χ2v) is 5.13. The van der Waals surface area contributed by atoms with Crippen LogP contribution in [0.2, 0.25) is 0 Å². The van der Waals surface area contributed by atoms with E-state index in [4.69, 9.17) is 9.84 Å². The molecule has 0 aliphatic carbocycles. The lowest BCUT2D eigenvalue weighted by Gasteiger charge is -2.11. The van der Waals surface area contributed by atoms with Crippen LogP contribution in [0.15, 0.2) is 60.3 Å². The highest BCUT2D eigenvalue weighted by Gasteiger charge is 2.14. The fraction of sp³-hybridized carbons (Fsp3) is 0.158. The molecule has 0 spiro atoms. The summed E-state index contributed by atoms with van der Waals surface area (Å²) in [5.41, 5.74) is 1.26. The second kappa shape index (κ2) is 9.24. The molecule has 0 saturated heterocycles. The van der Waals surface area contributed by atoms with E-state index in [-0.39, 0.29) is 24.8 Å². The zero-order valence-electron chi connectivity index (χ0n) is 13.9. The van der Waals surface area contributed by atoms with Gasteiger partial charge in [-0.25, -0.2) is 0 Å². The molecule has 0 heterocycles. The highest BCUT2D eigenvalue weighted by atomic mass is 16.5. The van der Waals surface area contributed by atoms with Crippen LogP contribution in [0, 0.1) is 0 Å². The smallest absolute Gasteiger partial charge is 0.267 e. The first kappa shape index (κ1) is 18.2. The summed E-state index contributed by atoms with van der Waals surface area (Å²) in [6.45, 7) is -0.0891. The van der Waals surface area contributed by atoms with Crippen molar-refractivity contribution in [3.63, 3.8) is 0 Å². The minimum Gasteiger partial charge on any atom is -0.497 e. The molecular weight excluding hydrogens is 320 g/mol. The van der Waals surface area contributed by atoms with Crippen LogP contribution in [0.25, 0.3) is 6.08 Å². The number of ether oxygens (including phenoxy) is 1. The molecule has 0 aliphatic heterocycles. The van der Waals surface area contributed by atoms with Gasteiger partial charge in [0.25, 0.3) is 11.8 Å². The Labute approximate surface area is 146 Å². The zero-order chi connectivity index (χ0) is 18.1. The first-order valence-electron chi connectivity index (χ1n) is 7.75. The maximum absolute atomic E-state index is 12.3. The van der Waals surface area contributed by atoms with E-state index in [2.05, 4.69) is 10.6 Å². The summed E-state index contributed by atoms with van der Waals surface area (Å²) in [5.74, 6) is -0.176. The Morgan fingerprint density at radius 2 is 1.76 bits per heavy atom. The van der Waals surface area contributed by atoms with Crippen LogP contribution in [0.3, 0.4) is 0 Å². The number of aliphatic hydroxyl groups excluding tert-OH is 1. The minimum absolute atomic E-state index is 0.0902. The molecule has 0 saturated carbocycles. The second-order valence-electron chi connectivity index (χ2n) is 5.13. The first-order valence-corrected chi connectivity index (χ1v) is 7.75. The summed E-state index contributed by atoms with van der Waals surface area (Å²) in [5, 5.41) is 14.0. The Hall–Kier alpha value is -3.12. The van der Waals surface area contributed by atoms with Crippen molar-refractivity contribution in [2.45, 2.75) is 0 Å². The number of benzene rings is 2. The predicted molar refractivity (Wildman–Crippen MR) is 95.0 cm³/mol. The quantitative estimate of drug-likeness (QED) is 0.668. The molecular formula is C19H20N2O4. The average molecular weight is 340 g/mol. The van der Waals surface area contributed by atoms with Crippen molar-refractivity contribution in [3.05, 3.63) is 71.4 Å². The number of aliphatic hydroxyl groups is 1. The van der Waals surface area contributed by atoms with E-state index in [0.717, 1.165) is 5.56 Å². The fourth-order valence-electron chi connectivity index (χ4n) is 2.07. The van der Waals surface area contributed by atoms with Crippen LogP contribution in [-0.2, 0) is 4.79 Å². The molecule has 25 heavy (non-hydrogen) atoms. The number of amides is 2. The number of methoxy groups -OCH3 is 1. The molecule has 0 fully saturated rings. The first-order chi connectivity index (χ1) is 12.1. The molecule has 6 heteroatoms. The van der Waals surface area contributed by atoms with Gasteiger partial charge in [0.05, 0.1) is 13.7 Å².